The van der Waals surface area contributed by atoms with Crippen molar-refractivity contribution in [1.82, 2.24) is 0 Å². The van der Waals surface area contributed by atoms with E-state index in [4.69, 9.17) is 9.47 Å². The Kier molecular flexibility index (Phi) is 6.52. The van der Waals surface area contributed by atoms with Crippen molar-refractivity contribution in [1.29, 1.82) is 0 Å². The lowest BCUT2D eigenvalue weighted by Crippen LogP contribution is -3.14. The molecule has 1 fully saturated rings. The number of quaternary nitrogens is 1. The lowest BCUT2D eigenvalue weighted by molar-refractivity contribution is -0.908. The number of hydrogen-bond donors (Lipinski definition) is 1. The zero-order valence-corrected chi connectivity index (χ0v) is 14.2. The summed E-state index contributed by atoms with van der Waals surface area (Å²) in [5.41, 5.74) is 0.714. The van der Waals surface area contributed by atoms with Crippen LogP contribution in [0, 0.1) is 10.1 Å². The molecule has 0 saturated carbocycles. The van der Waals surface area contributed by atoms with Crippen molar-refractivity contribution < 1.29 is 24.1 Å². The van der Waals surface area contributed by atoms with Gasteiger partial charge in [-0.25, -0.2) is 0 Å². The van der Waals surface area contributed by atoms with Gasteiger partial charge in [0.05, 0.1) is 18.1 Å². The SMILES string of the molecule is O=C(OCC[NH+]1CCOCC1)C(I)c1ccc([N+](=O)[O-])cc1. The molecule has 0 radical (unpaired) electrons. The summed E-state index contributed by atoms with van der Waals surface area (Å²) < 4.78 is 10.1. The van der Waals surface area contributed by atoms with Crippen LogP contribution in [0.1, 0.15) is 9.49 Å². The molecule has 0 spiro atoms. The van der Waals surface area contributed by atoms with Crippen LogP contribution in [-0.4, -0.2) is 50.3 Å². The number of esters is 1. The van der Waals surface area contributed by atoms with Crippen molar-refractivity contribution in [2.24, 2.45) is 0 Å². The molecule has 0 aromatic heterocycles. The molecule has 7 nitrogen and oxygen atoms in total. The minimum atomic E-state index is -0.463. The molecule has 1 unspecified atom stereocenters. The van der Waals surface area contributed by atoms with Gasteiger partial charge in [0.25, 0.3) is 5.69 Å². The van der Waals surface area contributed by atoms with E-state index in [1.54, 1.807) is 12.1 Å². The number of carbonyl (C=O) groups is 1. The summed E-state index contributed by atoms with van der Waals surface area (Å²) in [5.74, 6) is -0.317. The van der Waals surface area contributed by atoms with E-state index in [0.717, 1.165) is 32.8 Å². The Morgan fingerprint density at radius 1 is 1.36 bits per heavy atom. The summed E-state index contributed by atoms with van der Waals surface area (Å²) in [6.07, 6.45) is 0. The Morgan fingerprint density at radius 2 is 2.00 bits per heavy atom. The van der Waals surface area contributed by atoms with Crippen LogP contribution in [0.4, 0.5) is 5.69 Å². The number of nitro benzene ring substituents is 1. The molecule has 0 aliphatic carbocycles. The Bertz CT molecular complexity index is 516. The zero-order chi connectivity index (χ0) is 15.9. The zero-order valence-electron chi connectivity index (χ0n) is 12.0. The van der Waals surface area contributed by atoms with Gasteiger partial charge in [-0.1, -0.05) is 34.7 Å². The van der Waals surface area contributed by atoms with Gasteiger partial charge in [0, 0.05) is 12.1 Å². The van der Waals surface area contributed by atoms with Crippen LogP contribution in [0.2, 0.25) is 0 Å². The predicted octanol–water partition coefficient (Wildman–Crippen LogP) is 0.529. The first-order valence-corrected chi connectivity index (χ1v) is 8.29. The number of ether oxygens (including phenoxy) is 2. The van der Waals surface area contributed by atoms with E-state index >= 15 is 0 Å². The van der Waals surface area contributed by atoms with Crippen LogP contribution >= 0.6 is 22.6 Å². The fraction of sp³-hybridized carbons (Fsp3) is 0.500. The van der Waals surface area contributed by atoms with Crippen molar-refractivity contribution in [2.45, 2.75) is 3.92 Å². The second-order valence-corrected chi connectivity index (χ2v) is 6.24. The van der Waals surface area contributed by atoms with Gasteiger partial charge in [0.15, 0.2) is 0 Å². The number of halogens is 1. The average Bonchev–Trinajstić information content (AvgIpc) is 2.55. The normalized spacial score (nSPS) is 17.0. The second kappa shape index (κ2) is 8.39. The van der Waals surface area contributed by atoms with Crippen LogP contribution in [-0.2, 0) is 14.3 Å². The summed E-state index contributed by atoms with van der Waals surface area (Å²) in [7, 11) is 0. The lowest BCUT2D eigenvalue weighted by Gasteiger charge is -2.23. The first kappa shape index (κ1) is 17.1. The molecule has 0 bridgehead atoms. The molecule has 1 N–H and O–H groups in total. The maximum atomic E-state index is 12.0. The monoisotopic (exact) mass is 421 g/mol. The number of morpholine rings is 1. The van der Waals surface area contributed by atoms with Crippen molar-refractivity contribution in [2.75, 3.05) is 39.5 Å². The predicted molar refractivity (Wildman–Crippen MR) is 87.2 cm³/mol. The van der Waals surface area contributed by atoms with E-state index in [9.17, 15) is 14.9 Å². The van der Waals surface area contributed by atoms with Gasteiger partial charge in [-0.2, -0.15) is 0 Å². The maximum Gasteiger partial charge on any atom is 0.323 e. The Labute approximate surface area is 141 Å². The van der Waals surface area contributed by atoms with Crippen molar-refractivity contribution in [3.8, 4) is 0 Å². The number of carbonyl (C=O) groups excluding carboxylic acids is 1. The Morgan fingerprint density at radius 3 is 2.59 bits per heavy atom. The molecule has 1 aromatic rings. The summed E-state index contributed by atoms with van der Waals surface area (Å²) in [6, 6.07) is 5.96. The number of nitrogens with one attached hydrogen (secondary N) is 1. The van der Waals surface area contributed by atoms with Crippen LogP contribution < -0.4 is 4.90 Å². The number of alkyl halides is 1. The van der Waals surface area contributed by atoms with Crippen LogP contribution in [0.15, 0.2) is 24.3 Å². The topological polar surface area (TPSA) is 83.1 Å². The molecule has 1 atom stereocenters. The molecule has 120 valence electrons. The van der Waals surface area contributed by atoms with Crippen molar-refractivity contribution >= 4 is 34.2 Å². The highest BCUT2D eigenvalue weighted by Crippen LogP contribution is 2.26. The van der Waals surface area contributed by atoms with Gasteiger partial charge < -0.3 is 14.4 Å². The van der Waals surface area contributed by atoms with Crippen molar-refractivity contribution in [3.05, 3.63) is 39.9 Å². The number of non-ortho nitro benzene ring substituents is 1. The van der Waals surface area contributed by atoms with Crippen LogP contribution in [0.25, 0.3) is 0 Å². The van der Waals surface area contributed by atoms with E-state index in [1.807, 2.05) is 22.6 Å². The smallest absolute Gasteiger partial charge is 0.323 e. The highest BCUT2D eigenvalue weighted by Gasteiger charge is 2.21. The standard InChI is InChI=1S/C14H17IN2O5/c15-13(11-1-3-12(4-2-11)17(19)20)14(18)22-10-7-16-5-8-21-9-6-16/h1-4,13H,5-10H2/p+1. The number of hydrogen-bond acceptors (Lipinski definition) is 5. The van der Waals surface area contributed by atoms with Gasteiger partial charge in [-0.15, -0.1) is 0 Å². The molecular weight excluding hydrogens is 403 g/mol. The molecule has 1 aliphatic rings. The highest BCUT2D eigenvalue weighted by atomic mass is 127. The average molecular weight is 421 g/mol. The molecule has 0 amide bonds. The van der Waals surface area contributed by atoms with E-state index < -0.39 is 8.85 Å². The fourth-order valence-electron chi connectivity index (χ4n) is 2.18. The third kappa shape index (κ3) is 4.89. The Hall–Kier alpha value is -1.26. The van der Waals surface area contributed by atoms with Gasteiger partial charge in [-0.05, 0) is 5.56 Å². The molecule has 1 aliphatic heterocycles. The van der Waals surface area contributed by atoms with E-state index in [2.05, 4.69) is 0 Å². The van der Waals surface area contributed by atoms with E-state index in [-0.39, 0.29) is 11.7 Å². The van der Waals surface area contributed by atoms with Crippen molar-refractivity contribution in [3.63, 3.8) is 0 Å². The van der Waals surface area contributed by atoms with Crippen LogP contribution in [0.5, 0.6) is 0 Å². The summed E-state index contributed by atoms with van der Waals surface area (Å²) in [6.45, 7) is 4.53. The first-order valence-electron chi connectivity index (χ1n) is 7.04. The van der Waals surface area contributed by atoms with Crippen LogP contribution in [0.3, 0.4) is 0 Å². The molecule has 8 heteroatoms. The number of nitrogens with zero attached hydrogens (tertiary/aromatic N) is 1. The fourth-order valence-corrected chi connectivity index (χ4v) is 2.78. The summed E-state index contributed by atoms with van der Waals surface area (Å²) in [4.78, 5) is 23.5. The third-order valence-electron chi connectivity index (χ3n) is 3.50. The number of benzene rings is 1. The van der Waals surface area contributed by atoms with E-state index in [0.29, 0.717) is 12.2 Å². The number of rotatable bonds is 6. The maximum absolute atomic E-state index is 12.0. The highest BCUT2D eigenvalue weighted by molar-refractivity contribution is 14.1. The largest absolute Gasteiger partial charge is 0.459 e. The molecule has 1 heterocycles. The summed E-state index contributed by atoms with van der Waals surface area (Å²) >= 11 is 1.99. The molecule has 2 rings (SSSR count). The Balaban J connectivity index is 1.79. The minimum absolute atomic E-state index is 0.0108. The summed E-state index contributed by atoms with van der Waals surface area (Å²) in [5, 5.41) is 10.6. The molecule has 1 saturated heterocycles. The molecular formula is C14H18IN2O5+. The van der Waals surface area contributed by atoms with E-state index in [1.165, 1.54) is 17.0 Å². The van der Waals surface area contributed by atoms with Gasteiger partial charge in [0.2, 0.25) is 0 Å². The molecule has 22 heavy (non-hydrogen) atoms. The van der Waals surface area contributed by atoms with Gasteiger partial charge in [-0.3, -0.25) is 14.9 Å². The third-order valence-corrected chi connectivity index (χ3v) is 4.73. The van der Waals surface area contributed by atoms with Gasteiger partial charge in [0.1, 0.15) is 30.2 Å². The first-order chi connectivity index (χ1) is 10.6. The number of nitro groups is 1. The second-order valence-electron chi connectivity index (χ2n) is 4.99. The van der Waals surface area contributed by atoms with Gasteiger partial charge >= 0.3 is 5.97 Å². The lowest BCUT2D eigenvalue weighted by atomic mass is 10.1. The molecule has 1 aromatic carbocycles. The minimum Gasteiger partial charge on any atom is -0.459 e. The quantitative estimate of drug-likeness (QED) is 0.238.